The normalized spacial score (nSPS) is 18.9. The Hall–Kier alpha value is -1.33. The molecule has 0 aromatic heterocycles. The highest BCUT2D eigenvalue weighted by molar-refractivity contribution is 5.85. The van der Waals surface area contributed by atoms with Crippen LogP contribution in [-0.2, 0) is 6.54 Å². The van der Waals surface area contributed by atoms with Crippen LogP contribution in [0.4, 0.5) is 10.1 Å². The zero-order chi connectivity index (χ0) is 17.6. The predicted octanol–water partition coefficient (Wildman–Crippen LogP) is 5.00. The van der Waals surface area contributed by atoms with Crippen molar-refractivity contribution in [2.75, 3.05) is 19.4 Å². The van der Waals surface area contributed by atoms with Gasteiger partial charge in [0.05, 0.1) is 0 Å². The molecule has 0 bridgehead atoms. The molecule has 0 spiro atoms. The minimum absolute atomic E-state index is 0. The lowest BCUT2D eigenvalue weighted by Gasteiger charge is -2.29. The van der Waals surface area contributed by atoms with E-state index in [4.69, 9.17) is 0 Å². The first-order valence-corrected chi connectivity index (χ1v) is 9.17. The van der Waals surface area contributed by atoms with Crippen molar-refractivity contribution in [1.29, 1.82) is 0 Å². The number of benzene rings is 2. The average molecular weight is 414 g/mol. The van der Waals surface area contributed by atoms with Crippen LogP contribution in [0.1, 0.15) is 31.2 Å². The van der Waals surface area contributed by atoms with E-state index in [9.17, 15) is 4.39 Å². The fourth-order valence-electron chi connectivity index (χ4n) is 3.56. The molecule has 0 aliphatic heterocycles. The highest BCUT2D eigenvalue weighted by Crippen LogP contribution is 2.24. The molecule has 2 aromatic carbocycles. The first kappa shape index (κ1) is 23.7. The maximum Gasteiger partial charge on any atom is 0.127 e. The Morgan fingerprint density at radius 3 is 2.04 bits per heavy atom. The van der Waals surface area contributed by atoms with Crippen LogP contribution in [0, 0.1) is 5.82 Å². The Balaban J connectivity index is 0.00000182. The van der Waals surface area contributed by atoms with Crippen LogP contribution < -0.4 is 16.0 Å². The Labute approximate surface area is 174 Å². The van der Waals surface area contributed by atoms with E-state index in [-0.39, 0.29) is 30.6 Å². The molecule has 3 rings (SSSR count). The van der Waals surface area contributed by atoms with E-state index >= 15 is 0 Å². The Bertz CT molecular complexity index is 686. The average Bonchev–Trinajstić information content (AvgIpc) is 2.68. The largest absolute Gasteiger partial charge is 0.388 e. The Morgan fingerprint density at radius 1 is 0.852 bits per heavy atom. The molecule has 0 atom stereocenters. The van der Waals surface area contributed by atoms with Crippen LogP contribution in [0.5, 0.6) is 0 Å². The fourth-order valence-corrected chi connectivity index (χ4v) is 3.56. The highest BCUT2D eigenvalue weighted by atomic mass is 35.5. The zero-order valence-electron chi connectivity index (χ0n) is 15.9. The van der Waals surface area contributed by atoms with Crippen LogP contribution in [0.15, 0.2) is 42.5 Å². The minimum Gasteiger partial charge on any atom is -0.388 e. The quantitative estimate of drug-likeness (QED) is 0.623. The molecule has 0 unspecified atom stereocenters. The van der Waals surface area contributed by atoms with Gasteiger partial charge in [0, 0.05) is 36.9 Å². The number of hydrogen-bond acceptors (Lipinski definition) is 3. The van der Waals surface area contributed by atoms with Crippen molar-refractivity contribution in [1.82, 2.24) is 10.6 Å². The van der Waals surface area contributed by atoms with Crippen LogP contribution in [0.2, 0.25) is 0 Å². The summed E-state index contributed by atoms with van der Waals surface area (Å²) in [5, 5.41) is 10.0. The summed E-state index contributed by atoms with van der Waals surface area (Å²) in [6.07, 6.45) is 4.68. The number of hydrogen-bond donors (Lipinski definition) is 3. The molecular formula is C21H30Cl2FN3. The van der Waals surface area contributed by atoms with Gasteiger partial charge < -0.3 is 16.0 Å². The van der Waals surface area contributed by atoms with E-state index in [1.54, 1.807) is 6.07 Å². The smallest absolute Gasteiger partial charge is 0.127 e. The molecule has 1 aliphatic carbocycles. The fraction of sp³-hybridized carbons (Fsp3) is 0.429. The number of rotatable bonds is 6. The summed E-state index contributed by atoms with van der Waals surface area (Å²) in [5.74, 6) is -0.132. The predicted molar refractivity (Wildman–Crippen MR) is 118 cm³/mol. The van der Waals surface area contributed by atoms with Gasteiger partial charge in [0.15, 0.2) is 0 Å². The second kappa shape index (κ2) is 11.5. The van der Waals surface area contributed by atoms with Crippen molar-refractivity contribution < 1.29 is 4.39 Å². The molecule has 1 aliphatic rings. The van der Waals surface area contributed by atoms with Crippen molar-refractivity contribution >= 4 is 30.5 Å². The van der Waals surface area contributed by atoms with E-state index in [2.05, 4.69) is 28.1 Å². The van der Waals surface area contributed by atoms with Crippen molar-refractivity contribution in [3.05, 3.63) is 53.8 Å². The molecular weight excluding hydrogens is 384 g/mol. The molecule has 1 fully saturated rings. The van der Waals surface area contributed by atoms with E-state index in [1.807, 2.05) is 38.4 Å². The van der Waals surface area contributed by atoms with Crippen molar-refractivity contribution in [3.63, 3.8) is 0 Å². The molecule has 27 heavy (non-hydrogen) atoms. The van der Waals surface area contributed by atoms with Crippen molar-refractivity contribution in [3.8, 4) is 11.1 Å². The maximum absolute atomic E-state index is 14.2. The molecule has 3 N–H and O–H groups in total. The molecule has 6 heteroatoms. The Morgan fingerprint density at radius 2 is 1.44 bits per heavy atom. The maximum atomic E-state index is 14.2. The van der Waals surface area contributed by atoms with Crippen molar-refractivity contribution in [2.24, 2.45) is 0 Å². The summed E-state index contributed by atoms with van der Waals surface area (Å²) in [6, 6.07) is 14.7. The number of anilines is 1. The van der Waals surface area contributed by atoms with Gasteiger partial charge in [-0.1, -0.05) is 18.2 Å². The standard InChI is InChI=1S/C21H28FN3.2ClH/c1-23-18-6-3-15(4-7-18)16-5-12-21(22)17(13-16)14-25-20-10-8-19(24-2)9-11-20;;/h3-7,12-13,19-20,23-25H,8-11,14H2,1-2H3;2*1H. The molecule has 0 amide bonds. The first-order chi connectivity index (χ1) is 12.2. The van der Waals surface area contributed by atoms with Gasteiger partial charge in [-0.3, -0.25) is 0 Å². The van der Waals surface area contributed by atoms with Crippen LogP contribution in [0.3, 0.4) is 0 Å². The summed E-state index contributed by atoms with van der Waals surface area (Å²) < 4.78 is 14.2. The van der Waals surface area contributed by atoms with Gasteiger partial charge in [0.1, 0.15) is 5.82 Å². The molecule has 3 nitrogen and oxygen atoms in total. The van der Waals surface area contributed by atoms with Crippen LogP contribution in [-0.4, -0.2) is 26.2 Å². The van der Waals surface area contributed by atoms with Gasteiger partial charge in [-0.25, -0.2) is 4.39 Å². The zero-order valence-corrected chi connectivity index (χ0v) is 17.6. The van der Waals surface area contributed by atoms with Gasteiger partial charge in [-0.05, 0) is 68.1 Å². The summed E-state index contributed by atoms with van der Waals surface area (Å²) in [4.78, 5) is 0. The molecule has 0 radical (unpaired) electrons. The van der Waals surface area contributed by atoms with E-state index in [0.717, 1.165) is 35.2 Å². The van der Waals surface area contributed by atoms with Gasteiger partial charge >= 0.3 is 0 Å². The SMILES string of the molecule is CNc1ccc(-c2ccc(F)c(CNC3CCC(NC)CC3)c2)cc1.Cl.Cl. The molecule has 150 valence electrons. The molecule has 1 saturated carbocycles. The topological polar surface area (TPSA) is 36.1 Å². The molecule has 2 aromatic rings. The molecule has 0 saturated heterocycles. The van der Waals surface area contributed by atoms with E-state index in [1.165, 1.54) is 12.8 Å². The van der Waals surface area contributed by atoms with Gasteiger partial charge in [0.2, 0.25) is 0 Å². The number of halogens is 3. The van der Waals surface area contributed by atoms with E-state index < -0.39 is 0 Å². The lowest BCUT2D eigenvalue weighted by atomic mass is 9.91. The summed E-state index contributed by atoms with van der Waals surface area (Å²) in [6.45, 7) is 0.586. The van der Waals surface area contributed by atoms with E-state index in [0.29, 0.717) is 18.6 Å². The van der Waals surface area contributed by atoms with Crippen LogP contribution >= 0.6 is 24.8 Å². The highest BCUT2D eigenvalue weighted by Gasteiger charge is 2.19. The van der Waals surface area contributed by atoms with Crippen LogP contribution in [0.25, 0.3) is 11.1 Å². The summed E-state index contributed by atoms with van der Waals surface area (Å²) >= 11 is 0. The summed E-state index contributed by atoms with van der Waals surface area (Å²) in [7, 11) is 3.93. The van der Waals surface area contributed by atoms with Gasteiger partial charge in [0.25, 0.3) is 0 Å². The third kappa shape index (κ3) is 6.35. The lowest BCUT2D eigenvalue weighted by Crippen LogP contribution is -2.38. The van der Waals surface area contributed by atoms with Gasteiger partial charge in [-0.15, -0.1) is 24.8 Å². The first-order valence-electron chi connectivity index (χ1n) is 9.17. The monoisotopic (exact) mass is 413 g/mol. The molecule has 0 heterocycles. The summed E-state index contributed by atoms with van der Waals surface area (Å²) in [5.41, 5.74) is 3.98. The van der Waals surface area contributed by atoms with Gasteiger partial charge in [-0.2, -0.15) is 0 Å². The second-order valence-corrected chi connectivity index (χ2v) is 6.85. The number of nitrogens with one attached hydrogen (secondary N) is 3. The third-order valence-corrected chi connectivity index (χ3v) is 5.27. The third-order valence-electron chi connectivity index (χ3n) is 5.27. The minimum atomic E-state index is -0.132. The van der Waals surface area contributed by atoms with Crippen molar-refractivity contribution in [2.45, 2.75) is 44.3 Å². The Kier molecular flexibility index (Phi) is 10.1. The second-order valence-electron chi connectivity index (χ2n) is 6.85. The lowest BCUT2D eigenvalue weighted by molar-refractivity contribution is 0.316.